The van der Waals surface area contributed by atoms with Crippen molar-refractivity contribution in [1.29, 1.82) is 0 Å². The predicted molar refractivity (Wildman–Crippen MR) is 62.1 cm³/mol. The molecule has 0 aliphatic rings. The summed E-state index contributed by atoms with van der Waals surface area (Å²) in [5, 5.41) is 8.94. The molecule has 0 spiro atoms. The fourth-order valence-electron chi connectivity index (χ4n) is 1.25. The number of carboxylic acids is 1. The zero-order valence-corrected chi connectivity index (χ0v) is 10.5. The number of carbonyl (C=O) groups is 1. The number of benzene rings is 1. The Morgan fingerprint density at radius 2 is 1.93 bits per heavy atom. The molecule has 1 aromatic rings. The van der Waals surface area contributed by atoms with Crippen molar-refractivity contribution in [3.05, 3.63) is 29.3 Å². The molecule has 1 N–H and O–H groups in total. The van der Waals surface area contributed by atoms with Gasteiger partial charge in [0, 0.05) is 0 Å². The highest BCUT2D eigenvalue weighted by molar-refractivity contribution is 6.70. The van der Waals surface area contributed by atoms with Crippen molar-refractivity contribution in [2.75, 3.05) is 0 Å². The van der Waals surface area contributed by atoms with Crippen LogP contribution in [0.2, 0.25) is 19.6 Å². The second-order valence-electron chi connectivity index (χ2n) is 4.50. The molecule has 0 saturated carbocycles. The molecular weight excluding hydrogens is 208 g/mol. The largest absolute Gasteiger partial charge is 0.544 e. The van der Waals surface area contributed by atoms with Gasteiger partial charge in [0.1, 0.15) is 5.75 Å². The second kappa shape index (κ2) is 4.06. The molecule has 0 amide bonds. The van der Waals surface area contributed by atoms with Gasteiger partial charge in [-0.15, -0.1) is 0 Å². The van der Waals surface area contributed by atoms with Crippen LogP contribution < -0.4 is 4.43 Å². The van der Waals surface area contributed by atoms with Gasteiger partial charge in [0.25, 0.3) is 0 Å². The predicted octanol–water partition coefficient (Wildman–Crippen LogP) is 2.91. The average molecular weight is 224 g/mol. The van der Waals surface area contributed by atoms with Crippen LogP contribution in [-0.4, -0.2) is 19.4 Å². The Balaban J connectivity index is 3.03. The molecule has 0 saturated heterocycles. The first-order chi connectivity index (χ1) is 6.79. The molecule has 0 radical (unpaired) electrons. The normalized spacial score (nSPS) is 11.2. The summed E-state index contributed by atoms with van der Waals surface area (Å²) in [5.41, 5.74) is 1.07. The highest BCUT2D eigenvalue weighted by Gasteiger charge is 2.17. The minimum atomic E-state index is -1.67. The Labute approximate surface area is 90.8 Å². The van der Waals surface area contributed by atoms with Crippen molar-refractivity contribution >= 4 is 14.3 Å². The molecule has 15 heavy (non-hydrogen) atoms. The maximum absolute atomic E-state index is 10.9. The van der Waals surface area contributed by atoms with E-state index in [-0.39, 0.29) is 0 Å². The number of hydrogen-bond donors (Lipinski definition) is 1. The summed E-state index contributed by atoms with van der Waals surface area (Å²) in [6, 6.07) is 5.19. The summed E-state index contributed by atoms with van der Waals surface area (Å²) in [6.45, 7) is 7.97. The third-order valence-corrected chi connectivity index (χ3v) is 2.71. The molecule has 0 aliphatic heterocycles. The van der Waals surface area contributed by atoms with Crippen molar-refractivity contribution in [2.24, 2.45) is 0 Å². The molecule has 4 heteroatoms. The molecular formula is C11H16O3Si. The molecule has 0 heterocycles. The van der Waals surface area contributed by atoms with E-state index in [4.69, 9.17) is 9.53 Å². The van der Waals surface area contributed by atoms with Crippen LogP contribution in [0.4, 0.5) is 0 Å². The molecule has 0 aliphatic carbocycles. The summed E-state index contributed by atoms with van der Waals surface area (Å²) in [6.07, 6.45) is 0. The van der Waals surface area contributed by atoms with E-state index in [2.05, 4.69) is 19.6 Å². The summed E-state index contributed by atoms with van der Waals surface area (Å²) in [4.78, 5) is 10.9. The third kappa shape index (κ3) is 3.40. The first kappa shape index (κ1) is 11.8. The Kier molecular flexibility index (Phi) is 3.19. The molecule has 0 unspecified atom stereocenters. The maximum atomic E-state index is 10.9. The average Bonchev–Trinajstić information content (AvgIpc) is 2.05. The molecule has 3 nitrogen and oxygen atoms in total. The molecule has 0 aromatic heterocycles. The van der Waals surface area contributed by atoms with Gasteiger partial charge in [-0.25, -0.2) is 4.79 Å². The fourth-order valence-corrected chi connectivity index (χ4v) is 2.08. The fraction of sp³-hybridized carbons (Fsp3) is 0.364. The van der Waals surface area contributed by atoms with Crippen molar-refractivity contribution in [3.8, 4) is 5.75 Å². The smallest absolute Gasteiger partial charge is 0.336 e. The number of aromatic carboxylic acids is 1. The minimum Gasteiger partial charge on any atom is -0.544 e. The second-order valence-corrected chi connectivity index (χ2v) is 8.93. The highest BCUT2D eigenvalue weighted by Crippen LogP contribution is 2.20. The summed E-state index contributed by atoms with van der Waals surface area (Å²) in [5.74, 6) is -0.259. The van der Waals surface area contributed by atoms with Crippen LogP contribution in [0.5, 0.6) is 5.75 Å². The van der Waals surface area contributed by atoms with Crippen molar-refractivity contribution in [3.63, 3.8) is 0 Å². The van der Waals surface area contributed by atoms with Gasteiger partial charge in [-0.2, -0.15) is 0 Å². The van der Waals surface area contributed by atoms with E-state index < -0.39 is 14.3 Å². The van der Waals surface area contributed by atoms with E-state index in [9.17, 15) is 4.79 Å². The van der Waals surface area contributed by atoms with Crippen molar-refractivity contribution in [1.82, 2.24) is 0 Å². The number of aryl methyl sites for hydroxylation is 1. The quantitative estimate of drug-likeness (QED) is 0.803. The Hall–Kier alpha value is -1.29. The van der Waals surface area contributed by atoms with Crippen LogP contribution in [-0.2, 0) is 0 Å². The van der Waals surface area contributed by atoms with Crippen LogP contribution in [0.15, 0.2) is 18.2 Å². The molecule has 1 rings (SSSR count). The lowest BCUT2D eigenvalue weighted by Gasteiger charge is -2.19. The summed E-state index contributed by atoms with van der Waals surface area (Å²) >= 11 is 0. The molecule has 1 aromatic carbocycles. The SMILES string of the molecule is Cc1ccc(O[Si](C)(C)C)cc1C(=O)O. The van der Waals surface area contributed by atoms with Crippen LogP contribution in [0, 0.1) is 6.92 Å². The Bertz CT molecular complexity index is 380. The zero-order chi connectivity index (χ0) is 11.6. The standard InChI is InChI=1S/C11H16O3Si/c1-8-5-6-9(14-15(2,3)4)7-10(8)11(12)13/h5-7H,1-4H3,(H,12,13). The monoisotopic (exact) mass is 224 g/mol. The van der Waals surface area contributed by atoms with E-state index >= 15 is 0 Å². The van der Waals surface area contributed by atoms with Crippen LogP contribution >= 0.6 is 0 Å². The van der Waals surface area contributed by atoms with Crippen molar-refractivity contribution in [2.45, 2.75) is 26.6 Å². The highest BCUT2D eigenvalue weighted by atomic mass is 28.4. The first-order valence-electron chi connectivity index (χ1n) is 4.82. The van der Waals surface area contributed by atoms with E-state index in [0.717, 1.165) is 5.56 Å². The maximum Gasteiger partial charge on any atom is 0.336 e. The summed E-state index contributed by atoms with van der Waals surface area (Å²) in [7, 11) is -1.67. The lowest BCUT2D eigenvalue weighted by Crippen LogP contribution is -2.29. The van der Waals surface area contributed by atoms with E-state index in [1.807, 2.05) is 6.07 Å². The van der Waals surface area contributed by atoms with Gasteiger partial charge in [0.15, 0.2) is 0 Å². The molecule has 82 valence electrons. The number of carboxylic acid groups (broad SMARTS) is 1. The van der Waals surface area contributed by atoms with Crippen LogP contribution in [0.1, 0.15) is 15.9 Å². The molecule has 0 fully saturated rings. The number of rotatable bonds is 3. The minimum absolute atomic E-state index is 0.311. The van der Waals surface area contributed by atoms with Gasteiger partial charge in [0.05, 0.1) is 5.56 Å². The number of hydrogen-bond acceptors (Lipinski definition) is 2. The van der Waals surface area contributed by atoms with Gasteiger partial charge < -0.3 is 9.53 Å². The van der Waals surface area contributed by atoms with Crippen LogP contribution in [0.25, 0.3) is 0 Å². The lowest BCUT2D eigenvalue weighted by molar-refractivity contribution is 0.0696. The van der Waals surface area contributed by atoms with Gasteiger partial charge >= 0.3 is 5.97 Å². The van der Waals surface area contributed by atoms with Gasteiger partial charge in [-0.3, -0.25) is 0 Å². The van der Waals surface area contributed by atoms with E-state index in [0.29, 0.717) is 11.3 Å². The topological polar surface area (TPSA) is 46.5 Å². The van der Waals surface area contributed by atoms with Gasteiger partial charge in [-0.1, -0.05) is 6.07 Å². The molecule has 0 atom stereocenters. The first-order valence-corrected chi connectivity index (χ1v) is 8.23. The molecule has 0 bridgehead atoms. The zero-order valence-electron chi connectivity index (χ0n) is 9.50. The van der Waals surface area contributed by atoms with Crippen molar-refractivity contribution < 1.29 is 14.3 Å². The van der Waals surface area contributed by atoms with Gasteiger partial charge in [0.2, 0.25) is 8.32 Å². The van der Waals surface area contributed by atoms with E-state index in [1.54, 1.807) is 19.1 Å². The Morgan fingerprint density at radius 1 is 1.33 bits per heavy atom. The Morgan fingerprint density at radius 3 is 2.40 bits per heavy atom. The van der Waals surface area contributed by atoms with Gasteiger partial charge in [-0.05, 0) is 44.3 Å². The van der Waals surface area contributed by atoms with E-state index in [1.165, 1.54) is 0 Å². The third-order valence-electron chi connectivity index (χ3n) is 1.86. The van der Waals surface area contributed by atoms with Crippen LogP contribution in [0.3, 0.4) is 0 Å². The lowest BCUT2D eigenvalue weighted by atomic mass is 10.1. The summed E-state index contributed by atoms with van der Waals surface area (Å²) < 4.78 is 5.72.